The molecule has 4 rings (SSSR count). The molecule has 0 aromatic rings. The fourth-order valence-electron chi connectivity index (χ4n) is 4.18. The van der Waals surface area contributed by atoms with Crippen molar-refractivity contribution in [1.82, 2.24) is 0 Å². The molecule has 0 unspecified atom stereocenters. The van der Waals surface area contributed by atoms with Crippen LogP contribution < -0.4 is 0 Å². The summed E-state index contributed by atoms with van der Waals surface area (Å²) in [6, 6.07) is 0. The normalized spacial score (nSPS) is 60.3. The van der Waals surface area contributed by atoms with E-state index in [0.717, 1.165) is 3.36 Å². The Morgan fingerprint density at radius 3 is 1.45 bits per heavy atom. The summed E-state index contributed by atoms with van der Waals surface area (Å²) in [4.78, 5) is 0. The Morgan fingerprint density at radius 2 is 1.18 bits per heavy atom. The molecule has 4 fully saturated rings. The van der Waals surface area contributed by atoms with Gasteiger partial charge in [0.1, 0.15) is 0 Å². The molecule has 0 radical (unpaired) electrons. The van der Waals surface area contributed by atoms with Crippen molar-refractivity contribution >= 4 is 23.0 Å². The fourth-order valence-corrected chi connectivity index (χ4v) is 7.03. The van der Waals surface area contributed by atoms with Crippen LogP contribution in [0, 0.1) is 17.8 Å². The molecular weight excluding hydrogens is 242 g/mol. The van der Waals surface area contributed by atoms with Gasteiger partial charge in [-0.25, -0.2) is 0 Å². The first kappa shape index (κ1) is 7.24. The minimum absolute atomic E-state index is 0.930. The average molecular weight is 259 g/mol. The van der Waals surface area contributed by atoms with E-state index in [1.165, 1.54) is 17.8 Å². The molecule has 0 atom stereocenters. The van der Waals surface area contributed by atoms with Gasteiger partial charge in [-0.2, -0.15) is 0 Å². The van der Waals surface area contributed by atoms with E-state index in [0.29, 0.717) is 0 Å². The van der Waals surface area contributed by atoms with Crippen molar-refractivity contribution in [2.24, 2.45) is 17.8 Å². The Morgan fingerprint density at radius 1 is 0.818 bits per heavy atom. The van der Waals surface area contributed by atoms with Crippen LogP contribution in [0.2, 0.25) is 3.36 Å². The second kappa shape index (κ2) is 2.19. The van der Waals surface area contributed by atoms with Crippen molar-refractivity contribution in [2.75, 3.05) is 0 Å². The third kappa shape index (κ3) is 1.09. The van der Waals surface area contributed by atoms with Crippen LogP contribution in [0.1, 0.15) is 38.5 Å². The van der Waals surface area contributed by atoms with Crippen molar-refractivity contribution in [3.8, 4) is 0 Å². The zero-order chi connectivity index (χ0) is 7.47. The summed E-state index contributed by atoms with van der Waals surface area (Å²) in [5.74, 6) is 3.53. The van der Waals surface area contributed by atoms with E-state index in [2.05, 4.69) is 0 Å². The first-order chi connectivity index (χ1) is 5.23. The Balaban J connectivity index is 1.94. The average Bonchev–Trinajstić information content (AvgIpc) is 1.79. The van der Waals surface area contributed by atoms with Gasteiger partial charge in [-0.3, -0.25) is 0 Å². The van der Waals surface area contributed by atoms with E-state index in [1.54, 1.807) is 61.5 Å². The van der Waals surface area contributed by atoms with Gasteiger partial charge in [0.15, 0.2) is 0 Å². The van der Waals surface area contributed by atoms with Gasteiger partial charge in [-0.15, -0.1) is 0 Å². The molecule has 0 N–H and O–H groups in total. The minimum atomic E-state index is 0.930. The van der Waals surface area contributed by atoms with E-state index in [-0.39, 0.29) is 0 Å². The first-order valence-electron chi connectivity index (χ1n) is 5.02. The Hall–Kier alpha value is 0.818. The van der Waals surface area contributed by atoms with Crippen LogP contribution in [0.25, 0.3) is 0 Å². The van der Waals surface area contributed by atoms with E-state index < -0.39 is 0 Å². The fraction of sp³-hybridized carbons (Fsp3) is 1.00. The number of hydrogen-bond acceptors (Lipinski definition) is 0. The van der Waals surface area contributed by atoms with Gasteiger partial charge in [-0.1, -0.05) is 0 Å². The van der Waals surface area contributed by atoms with Crippen LogP contribution in [-0.2, 0) is 0 Å². The quantitative estimate of drug-likeness (QED) is 0.584. The molecule has 0 aliphatic heterocycles. The summed E-state index contributed by atoms with van der Waals surface area (Å²) in [5.41, 5.74) is 0. The Bertz CT molecular complexity index is 150. The Kier molecular flexibility index (Phi) is 1.44. The van der Waals surface area contributed by atoms with Crippen LogP contribution in [0.3, 0.4) is 0 Å². The molecule has 4 aliphatic carbocycles. The van der Waals surface area contributed by atoms with Gasteiger partial charge in [0, 0.05) is 0 Å². The van der Waals surface area contributed by atoms with Crippen molar-refractivity contribution < 1.29 is 0 Å². The van der Waals surface area contributed by atoms with Crippen molar-refractivity contribution in [3.63, 3.8) is 0 Å². The predicted octanol–water partition coefficient (Wildman–Crippen LogP) is 2.01. The summed E-state index contributed by atoms with van der Waals surface area (Å²) in [6.45, 7) is 0. The molecule has 0 heterocycles. The van der Waals surface area contributed by atoms with E-state index in [1.807, 2.05) is 0 Å². The first-order valence-corrected chi connectivity index (χ1v) is 6.67. The number of rotatable bonds is 0. The van der Waals surface area contributed by atoms with Crippen molar-refractivity contribution in [3.05, 3.63) is 0 Å². The van der Waals surface area contributed by atoms with Gasteiger partial charge in [0.2, 0.25) is 0 Å². The van der Waals surface area contributed by atoms with Gasteiger partial charge in [-0.05, 0) is 0 Å². The van der Waals surface area contributed by atoms with E-state index in [4.69, 9.17) is 0 Å². The van der Waals surface area contributed by atoms with Crippen LogP contribution >= 0.6 is 0 Å². The van der Waals surface area contributed by atoms with Crippen LogP contribution in [0.5, 0.6) is 0 Å². The molecular formula is C10H17Sb. The standard InChI is InChI=1S/C10H15.Sb.2H/c1-7-2-9-4-8(1)5-10(3-7)6-9;;;/h7-9H,1-6H2;;;. The zero-order valence-corrected chi connectivity index (χ0v) is 10.3. The monoisotopic (exact) mass is 258 g/mol. The molecule has 0 amide bonds. The van der Waals surface area contributed by atoms with Gasteiger partial charge in [0.05, 0.1) is 0 Å². The SMILES string of the molecule is [SbH2][C]12CC3CC(CC(C3)C1)C2. The third-order valence-corrected chi connectivity index (χ3v) is 6.10. The van der Waals surface area contributed by atoms with Crippen molar-refractivity contribution in [1.29, 1.82) is 0 Å². The summed E-state index contributed by atoms with van der Waals surface area (Å²) < 4.78 is 0.930. The molecule has 1 heteroatoms. The van der Waals surface area contributed by atoms with Crippen LogP contribution in [0.15, 0.2) is 0 Å². The summed E-state index contributed by atoms with van der Waals surface area (Å²) in [6.07, 6.45) is 9.71. The van der Waals surface area contributed by atoms with Gasteiger partial charge in [0.25, 0.3) is 0 Å². The summed E-state index contributed by atoms with van der Waals surface area (Å²) >= 11 is 1.56. The molecule has 4 bridgehead atoms. The molecule has 4 saturated carbocycles. The summed E-state index contributed by atoms with van der Waals surface area (Å²) in [7, 11) is 0. The van der Waals surface area contributed by atoms with Crippen LogP contribution in [0.4, 0.5) is 0 Å². The second-order valence-electron chi connectivity index (χ2n) is 5.28. The van der Waals surface area contributed by atoms with E-state index >= 15 is 0 Å². The molecule has 4 aliphatic rings. The zero-order valence-electron chi connectivity index (χ0n) is 7.05. The topological polar surface area (TPSA) is 0 Å². The van der Waals surface area contributed by atoms with Crippen LogP contribution in [-0.4, -0.2) is 23.0 Å². The maximum atomic E-state index is 1.63. The molecule has 0 nitrogen and oxygen atoms in total. The van der Waals surface area contributed by atoms with Gasteiger partial charge < -0.3 is 0 Å². The van der Waals surface area contributed by atoms with Gasteiger partial charge >= 0.3 is 82.7 Å². The third-order valence-electron chi connectivity index (χ3n) is 4.09. The van der Waals surface area contributed by atoms with Crippen molar-refractivity contribution in [2.45, 2.75) is 41.9 Å². The van der Waals surface area contributed by atoms with E-state index in [9.17, 15) is 0 Å². The molecule has 0 saturated heterocycles. The number of hydrogen-bond donors (Lipinski definition) is 0. The molecule has 11 heavy (non-hydrogen) atoms. The summed E-state index contributed by atoms with van der Waals surface area (Å²) in [5, 5.41) is 0. The Labute approximate surface area is 82.6 Å². The second-order valence-corrected chi connectivity index (χ2v) is 8.78. The molecule has 0 aromatic heterocycles. The molecule has 0 spiro atoms. The predicted molar refractivity (Wildman–Crippen MR) is 49.4 cm³/mol. The maximum absolute atomic E-state index is 1.63. The molecule has 0 aromatic carbocycles. The molecule has 62 valence electrons.